The second-order valence-electron chi connectivity index (χ2n) is 6.29. The number of hydrogen-bond donors (Lipinski definition) is 1. The molecule has 0 bridgehead atoms. The highest BCUT2D eigenvalue weighted by atomic mass is 15.1. The summed E-state index contributed by atoms with van der Waals surface area (Å²) in [5.74, 6) is 2.51. The molecule has 3 rings (SSSR count). The van der Waals surface area contributed by atoms with E-state index >= 15 is 0 Å². The molecule has 1 aromatic rings. The summed E-state index contributed by atoms with van der Waals surface area (Å²) in [6.45, 7) is 5.88. The molecule has 1 aliphatic heterocycles. The number of hydrogen-bond acceptors (Lipinski definition) is 2. The van der Waals surface area contributed by atoms with Gasteiger partial charge in [0.2, 0.25) is 0 Å². The van der Waals surface area contributed by atoms with E-state index in [-0.39, 0.29) is 0 Å². The molecule has 2 aliphatic rings. The van der Waals surface area contributed by atoms with Gasteiger partial charge >= 0.3 is 0 Å². The SMILES string of the molecule is CC1CCC(Cn2cncc2C2CCNC2)CC1. The zero-order chi connectivity index (χ0) is 12.4. The number of nitrogens with zero attached hydrogens (tertiary/aromatic N) is 2. The van der Waals surface area contributed by atoms with Gasteiger partial charge < -0.3 is 9.88 Å². The van der Waals surface area contributed by atoms with E-state index in [1.54, 1.807) is 0 Å². The maximum absolute atomic E-state index is 4.38. The third-order valence-corrected chi connectivity index (χ3v) is 4.81. The van der Waals surface area contributed by atoms with Crippen LogP contribution in [0.15, 0.2) is 12.5 Å². The number of aromatic nitrogens is 2. The molecule has 1 unspecified atom stereocenters. The Bertz CT molecular complexity index is 371. The van der Waals surface area contributed by atoms with Crippen molar-refractivity contribution in [1.82, 2.24) is 14.9 Å². The van der Waals surface area contributed by atoms with Crippen LogP contribution in [-0.2, 0) is 6.54 Å². The van der Waals surface area contributed by atoms with Gasteiger partial charge in [-0.2, -0.15) is 0 Å². The van der Waals surface area contributed by atoms with Crippen molar-refractivity contribution in [3.8, 4) is 0 Å². The van der Waals surface area contributed by atoms with E-state index in [2.05, 4.69) is 28.0 Å². The van der Waals surface area contributed by atoms with E-state index in [0.717, 1.165) is 24.9 Å². The van der Waals surface area contributed by atoms with Crippen LogP contribution in [-0.4, -0.2) is 22.6 Å². The monoisotopic (exact) mass is 247 g/mol. The van der Waals surface area contributed by atoms with Crippen LogP contribution in [0.25, 0.3) is 0 Å². The maximum Gasteiger partial charge on any atom is 0.0948 e. The molecule has 0 spiro atoms. The first-order chi connectivity index (χ1) is 8.83. The van der Waals surface area contributed by atoms with Crippen LogP contribution in [0.3, 0.4) is 0 Å². The standard InChI is InChI=1S/C15H25N3/c1-12-2-4-13(5-3-12)10-18-11-17-9-15(18)14-6-7-16-8-14/h9,11-14,16H,2-8,10H2,1H3. The lowest BCUT2D eigenvalue weighted by atomic mass is 9.83. The minimum Gasteiger partial charge on any atom is -0.334 e. The summed E-state index contributed by atoms with van der Waals surface area (Å²) in [5.41, 5.74) is 1.46. The molecule has 1 N–H and O–H groups in total. The zero-order valence-corrected chi connectivity index (χ0v) is 11.4. The molecule has 2 heterocycles. The van der Waals surface area contributed by atoms with E-state index in [0.29, 0.717) is 5.92 Å². The van der Waals surface area contributed by atoms with Gasteiger partial charge in [0.15, 0.2) is 0 Å². The largest absolute Gasteiger partial charge is 0.334 e. The van der Waals surface area contributed by atoms with Gasteiger partial charge in [0, 0.05) is 30.9 Å². The first-order valence-corrected chi connectivity index (χ1v) is 7.53. The van der Waals surface area contributed by atoms with Crippen molar-refractivity contribution in [2.75, 3.05) is 13.1 Å². The quantitative estimate of drug-likeness (QED) is 0.890. The predicted octanol–water partition coefficient (Wildman–Crippen LogP) is 2.79. The Morgan fingerprint density at radius 2 is 2.11 bits per heavy atom. The lowest BCUT2D eigenvalue weighted by Crippen LogP contribution is -2.19. The maximum atomic E-state index is 4.38. The molecule has 3 heteroatoms. The van der Waals surface area contributed by atoms with Crippen LogP contribution in [0.5, 0.6) is 0 Å². The lowest BCUT2D eigenvalue weighted by Gasteiger charge is -2.27. The highest BCUT2D eigenvalue weighted by Gasteiger charge is 2.23. The topological polar surface area (TPSA) is 29.9 Å². The minimum absolute atomic E-state index is 0.690. The van der Waals surface area contributed by atoms with Gasteiger partial charge in [-0.15, -0.1) is 0 Å². The first-order valence-electron chi connectivity index (χ1n) is 7.53. The van der Waals surface area contributed by atoms with Gasteiger partial charge in [0.25, 0.3) is 0 Å². The molecule has 2 fully saturated rings. The lowest BCUT2D eigenvalue weighted by molar-refractivity contribution is 0.262. The molecule has 1 aliphatic carbocycles. The highest BCUT2D eigenvalue weighted by molar-refractivity contribution is 5.09. The van der Waals surface area contributed by atoms with Crippen molar-refractivity contribution in [3.63, 3.8) is 0 Å². The molecule has 1 saturated heterocycles. The predicted molar refractivity (Wildman–Crippen MR) is 73.6 cm³/mol. The Kier molecular flexibility index (Phi) is 3.69. The van der Waals surface area contributed by atoms with Crippen molar-refractivity contribution >= 4 is 0 Å². The van der Waals surface area contributed by atoms with Gasteiger partial charge in [-0.25, -0.2) is 4.98 Å². The third-order valence-electron chi connectivity index (χ3n) is 4.81. The van der Waals surface area contributed by atoms with Crippen molar-refractivity contribution in [2.24, 2.45) is 11.8 Å². The molecule has 0 aromatic carbocycles. The molecule has 100 valence electrons. The highest BCUT2D eigenvalue weighted by Crippen LogP contribution is 2.30. The first kappa shape index (κ1) is 12.2. The van der Waals surface area contributed by atoms with Gasteiger partial charge in [0.05, 0.1) is 6.33 Å². The normalized spacial score (nSPS) is 32.8. The average molecular weight is 247 g/mol. The van der Waals surface area contributed by atoms with Crippen LogP contribution in [0.1, 0.15) is 50.6 Å². The molecule has 18 heavy (non-hydrogen) atoms. The summed E-state index contributed by atoms with van der Waals surface area (Å²) in [4.78, 5) is 4.38. The summed E-state index contributed by atoms with van der Waals surface area (Å²) in [5, 5.41) is 3.46. The van der Waals surface area contributed by atoms with Gasteiger partial charge in [-0.1, -0.05) is 19.8 Å². The summed E-state index contributed by atoms with van der Waals surface area (Å²) in [6.07, 6.45) is 11.0. The molecular weight excluding hydrogens is 222 g/mol. The van der Waals surface area contributed by atoms with Crippen LogP contribution < -0.4 is 5.32 Å². The Labute approximate surface area is 110 Å². The van der Waals surface area contributed by atoms with Crippen molar-refractivity contribution in [2.45, 2.75) is 51.5 Å². The Morgan fingerprint density at radius 3 is 2.83 bits per heavy atom. The number of imidazole rings is 1. The van der Waals surface area contributed by atoms with Crippen molar-refractivity contribution in [3.05, 3.63) is 18.2 Å². The molecule has 1 aromatic heterocycles. The van der Waals surface area contributed by atoms with Crippen LogP contribution in [0, 0.1) is 11.8 Å². The second kappa shape index (κ2) is 5.43. The number of nitrogens with one attached hydrogen (secondary N) is 1. The fourth-order valence-corrected chi connectivity index (χ4v) is 3.52. The van der Waals surface area contributed by atoms with E-state index < -0.39 is 0 Å². The molecule has 0 radical (unpaired) electrons. The minimum atomic E-state index is 0.690. The van der Waals surface area contributed by atoms with Crippen LogP contribution >= 0.6 is 0 Å². The molecule has 1 saturated carbocycles. The Morgan fingerprint density at radius 1 is 1.28 bits per heavy atom. The van der Waals surface area contributed by atoms with Gasteiger partial charge in [-0.3, -0.25) is 0 Å². The van der Waals surface area contributed by atoms with E-state index in [1.165, 1.54) is 44.3 Å². The molecular formula is C15H25N3. The molecule has 3 nitrogen and oxygen atoms in total. The zero-order valence-electron chi connectivity index (χ0n) is 11.4. The molecule has 0 amide bonds. The fraction of sp³-hybridized carbons (Fsp3) is 0.800. The van der Waals surface area contributed by atoms with E-state index in [9.17, 15) is 0 Å². The van der Waals surface area contributed by atoms with Gasteiger partial charge in [0.1, 0.15) is 0 Å². The van der Waals surface area contributed by atoms with E-state index in [4.69, 9.17) is 0 Å². The van der Waals surface area contributed by atoms with Crippen molar-refractivity contribution < 1.29 is 0 Å². The van der Waals surface area contributed by atoms with Crippen LogP contribution in [0.4, 0.5) is 0 Å². The van der Waals surface area contributed by atoms with Gasteiger partial charge in [-0.05, 0) is 37.6 Å². The summed E-state index contributed by atoms with van der Waals surface area (Å²) in [6, 6.07) is 0. The average Bonchev–Trinajstić information content (AvgIpc) is 3.02. The summed E-state index contributed by atoms with van der Waals surface area (Å²) >= 11 is 0. The third kappa shape index (κ3) is 2.61. The Balaban J connectivity index is 1.64. The van der Waals surface area contributed by atoms with Crippen LogP contribution in [0.2, 0.25) is 0 Å². The summed E-state index contributed by atoms with van der Waals surface area (Å²) < 4.78 is 2.43. The smallest absolute Gasteiger partial charge is 0.0948 e. The Hall–Kier alpha value is -0.830. The fourth-order valence-electron chi connectivity index (χ4n) is 3.52. The van der Waals surface area contributed by atoms with Crippen molar-refractivity contribution in [1.29, 1.82) is 0 Å². The second-order valence-corrected chi connectivity index (χ2v) is 6.29. The summed E-state index contributed by atoms with van der Waals surface area (Å²) in [7, 11) is 0. The number of rotatable bonds is 3. The van der Waals surface area contributed by atoms with E-state index in [1.807, 2.05) is 6.33 Å². The molecule has 1 atom stereocenters.